The first-order valence-electron chi connectivity index (χ1n) is 4.09. The van der Waals surface area contributed by atoms with Crippen molar-refractivity contribution in [1.82, 2.24) is 0 Å². The quantitative estimate of drug-likeness (QED) is 0.418. The van der Waals surface area contributed by atoms with Gasteiger partial charge in [0.1, 0.15) is 7.98 Å². The van der Waals surface area contributed by atoms with Crippen LogP contribution < -0.4 is 5.14 Å². The Labute approximate surface area is 66.3 Å². The molecule has 0 fully saturated rings. The van der Waals surface area contributed by atoms with Crippen LogP contribution in [0.1, 0.15) is 20.8 Å². The Morgan fingerprint density at radius 1 is 1.20 bits per heavy atom. The van der Waals surface area contributed by atoms with Gasteiger partial charge in [0.15, 0.2) is 0 Å². The van der Waals surface area contributed by atoms with Gasteiger partial charge in [0.25, 0.3) is 0 Å². The molecule has 0 aromatic rings. The summed E-state index contributed by atoms with van der Waals surface area (Å²) in [5.74, 6) is 0. The van der Waals surface area contributed by atoms with E-state index in [4.69, 9.17) is 0 Å². The largest absolute Gasteiger partial charge is 0.699 e. The summed E-state index contributed by atoms with van der Waals surface area (Å²) in [6, 6.07) is 0. The predicted octanol–water partition coefficient (Wildman–Crippen LogP) is -2.29. The molecular formula is C6H22B2N2. The van der Waals surface area contributed by atoms with Crippen LogP contribution >= 0.6 is 0 Å². The summed E-state index contributed by atoms with van der Waals surface area (Å²) in [5.41, 5.74) is 0. The smallest absolute Gasteiger partial charge is 0.342 e. The van der Waals surface area contributed by atoms with Crippen LogP contribution in [-0.4, -0.2) is 39.6 Å². The van der Waals surface area contributed by atoms with Crippen LogP contribution in [0.2, 0.25) is 0 Å². The molecule has 0 radical (unpaired) electrons. The van der Waals surface area contributed by atoms with Gasteiger partial charge in [-0.05, 0) is 20.8 Å². The monoisotopic (exact) mass is 144 g/mol. The van der Waals surface area contributed by atoms with Crippen LogP contribution in [0.4, 0.5) is 0 Å². The highest BCUT2D eigenvalue weighted by Gasteiger charge is 2.13. The molecular weight excluding hydrogens is 122 g/mol. The second-order valence-electron chi connectivity index (χ2n) is 2.83. The molecule has 2 nitrogen and oxygen atoms in total. The zero-order chi connectivity index (χ0) is 8.04. The Bertz CT molecular complexity index is 75.6. The van der Waals surface area contributed by atoms with Crippen molar-refractivity contribution in [2.24, 2.45) is 0 Å². The van der Waals surface area contributed by atoms with Gasteiger partial charge >= 0.3 is 7.55 Å². The number of nitrogens with two attached hydrogens (primary N) is 1. The third kappa shape index (κ3) is 2.35. The molecule has 62 valence electrons. The number of quaternary nitrogens is 2. The summed E-state index contributed by atoms with van der Waals surface area (Å²) in [4.78, 5) is 0. The summed E-state index contributed by atoms with van der Waals surface area (Å²) >= 11 is 0. The average molecular weight is 144 g/mol. The average Bonchev–Trinajstić information content (AvgIpc) is 2.01. The van der Waals surface area contributed by atoms with Gasteiger partial charge in [-0.1, -0.05) is 0 Å². The fraction of sp³-hybridized carbons (Fsp3) is 1.00. The molecule has 0 aliphatic heterocycles. The van der Waals surface area contributed by atoms with Gasteiger partial charge in [-0.25, -0.2) is 0 Å². The fourth-order valence-electron chi connectivity index (χ4n) is 1.22. The van der Waals surface area contributed by atoms with Gasteiger partial charge < -0.3 is 9.53 Å². The van der Waals surface area contributed by atoms with E-state index in [0.717, 1.165) is 0 Å². The van der Waals surface area contributed by atoms with Crippen LogP contribution in [0.15, 0.2) is 0 Å². The van der Waals surface area contributed by atoms with Gasteiger partial charge in [-0.3, -0.25) is 0 Å². The second kappa shape index (κ2) is 4.80. The third-order valence-corrected chi connectivity index (χ3v) is 2.84. The Balaban J connectivity index is 3.87. The van der Waals surface area contributed by atoms with E-state index in [9.17, 15) is 0 Å². The van der Waals surface area contributed by atoms with Gasteiger partial charge in [0, 0.05) is 19.6 Å². The van der Waals surface area contributed by atoms with Crippen LogP contribution in [0.3, 0.4) is 0 Å². The molecule has 0 atom stereocenters. The Hall–Kier alpha value is 0.0499. The molecule has 0 rings (SSSR count). The third-order valence-electron chi connectivity index (χ3n) is 2.84. The summed E-state index contributed by atoms with van der Waals surface area (Å²) in [6.07, 6.45) is 0. The molecule has 2 N–H and O–H groups in total. The molecule has 0 saturated carbocycles. The highest BCUT2D eigenvalue weighted by molar-refractivity contribution is 6.21. The minimum Gasteiger partial charge on any atom is -0.699 e. The summed E-state index contributed by atoms with van der Waals surface area (Å²) < 4.78 is 1.43. The summed E-state index contributed by atoms with van der Waals surface area (Å²) in [7, 11) is 0.846. The highest BCUT2D eigenvalue weighted by Crippen LogP contribution is 1.98. The summed E-state index contributed by atoms with van der Waals surface area (Å²) in [5, 5.41) is 2.65. The topological polar surface area (TPSA) is 16.6 Å². The van der Waals surface area contributed by atoms with Gasteiger partial charge in [0.2, 0.25) is 0 Å². The normalized spacial score (nSPS) is 12.0. The minimum absolute atomic E-state index is 0.271. The predicted molar refractivity (Wildman–Crippen MR) is 52.3 cm³/mol. The zero-order valence-electron chi connectivity index (χ0n) is 7.15. The Morgan fingerprint density at radius 2 is 1.60 bits per heavy atom. The zero-order valence-corrected chi connectivity index (χ0v) is 7.15. The fourth-order valence-corrected chi connectivity index (χ4v) is 1.22. The lowest BCUT2D eigenvalue weighted by atomic mass is 9.98. The van der Waals surface area contributed by atoms with Crippen molar-refractivity contribution in [1.29, 1.82) is 0 Å². The van der Waals surface area contributed by atoms with Crippen molar-refractivity contribution in [2.75, 3.05) is 19.6 Å². The van der Waals surface area contributed by atoms with Crippen LogP contribution in [-0.2, 0) is 0 Å². The molecule has 0 aromatic heterocycles. The van der Waals surface area contributed by atoms with Crippen molar-refractivity contribution in [2.45, 2.75) is 20.8 Å². The van der Waals surface area contributed by atoms with E-state index in [2.05, 4.69) is 25.9 Å². The molecule has 4 heteroatoms. The lowest BCUT2D eigenvalue weighted by Gasteiger charge is -2.43. The molecule has 0 heterocycles. The maximum absolute atomic E-state index is 2.65. The van der Waals surface area contributed by atoms with E-state index >= 15 is 0 Å². The van der Waals surface area contributed by atoms with E-state index in [1.807, 2.05) is 0 Å². The van der Waals surface area contributed by atoms with E-state index in [0.29, 0.717) is 7.98 Å². The first-order chi connectivity index (χ1) is 4.74. The Morgan fingerprint density at radius 3 is 1.70 bits per heavy atom. The number of hydrogen-bond donors (Lipinski definition) is 1. The highest BCUT2D eigenvalue weighted by atomic mass is 15.3. The first-order valence-corrected chi connectivity index (χ1v) is 4.09. The molecule has 0 aliphatic rings. The molecule has 0 amide bonds. The number of nitrogens with zero attached hydrogens (tertiary/aromatic N) is 1. The van der Waals surface area contributed by atoms with Crippen molar-refractivity contribution >= 4 is 15.5 Å². The standard InChI is InChI=1S/C6H22B2N2/c1-4-10(5-2,6-3)8-9-7/h4-6,8-9H2,1-3,7H3. The van der Waals surface area contributed by atoms with E-state index < -0.39 is 0 Å². The molecule has 0 aliphatic carbocycles. The van der Waals surface area contributed by atoms with Gasteiger partial charge in [0.05, 0.1) is 0 Å². The van der Waals surface area contributed by atoms with Gasteiger partial charge in [-0.2, -0.15) is 0 Å². The lowest BCUT2D eigenvalue weighted by molar-refractivity contribution is -0.843. The molecule has 0 aromatic carbocycles. The van der Waals surface area contributed by atoms with Gasteiger partial charge in [-0.15, -0.1) is 0 Å². The maximum Gasteiger partial charge on any atom is 0.342 e. The molecule has 0 unspecified atom stereocenters. The lowest BCUT2D eigenvalue weighted by Crippen LogP contribution is -2.91. The van der Waals surface area contributed by atoms with Crippen LogP contribution in [0.5, 0.6) is 0 Å². The molecule has 0 saturated heterocycles. The number of hydrogen-bond acceptors (Lipinski definition) is 0. The van der Waals surface area contributed by atoms with Crippen molar-refractivity contribution < 1.29 is 9.53 Å². The SMILES string of the molecule is [BH3-][NH2+][BH2-][N+](CC)(CC)CC. The van der Waals surface area contributed by atoms with E-state index in [-0.39, 0.29) is 7.55 Å². The van der Waals surface area contributed by atoms with E-state index in [1.54, 1.807) is 0 Å². The molecule has 10 heavy (non-hydrogen) atoms. The molecule has 0 bridgehead atoms. The number of rotatable bonds is 5. The van der Waals surface area contributed by atoms with Crippen molar-refractivity contribution in [3.05, 3.63) is 0 Å². The van der Waals surface area contributed by atoms with Crippen LogP contribution in [0, 0.1) is 0 Å². The first kappa shape index (κ1) is 10.0. The van der Waals surface area contributed by atoms with Crippen LogP contribution in [0.25, 0.3) is 0 Å². The van der Waals surface area contributed by atoms with Crippen molar-refractivity contribution in [3.63, 3.8) is 0 Å². The second-order valence-corrected chi connectivity index (χ2v) is 2.83. The minimum atomic E-state index is 0.271. The maximum atomic E-state index is 2.65. The van der Waals surface area contributed by atoms with E-state index in [1.165, 1.54) is 24.0 Å². The summed E-state index contributed by atoms with van der Waals surface area (Å²) in [6.45, 7) is 11.1. The Kier molecular flexibility index (Phi) is 4.83. The van der Waals surface area contributed by atoms with Crippen molar-refractivity contribution in [3.8, 4) is 0 Å². The molecule has 0 spiro atoms.